The lowest BCUT2D eigenvalue weighted by atomic mass is 9.82. The maximum atomic E-state index is 2.03. The van der Waals surface area contributed by atoms with Gasteiger partial charge in [0.15, 0.2) is 0 Å². The normalized spacial score (nSPS) is 14.7. The summed E-state index contributed by atoms with van der Waals surface area (Å²) in [6.45, 7) is 0. The molecule has 6 heterocycles. The highest BCUT2D eigenvalue weighted by Crippen LogP contribution is 2.66. The molecule has 0 amide bonds. The third-order valence-corrected chi connectivity index (χ3v) is 23.9. The van der Waals surface area contributed by atoms with Crippen LogP contribution in [-0.4, -0.2) is 0 Å². The molecular formula is C24S12. The van der Waals surface area contributed by atoms with E-state index in [9.17, 15) is 0 Å². The van der Waals surface area contributed by atoms with Crippen molar-refractivity contribution in [3.63, 3.8) is 0 Å². The van der Waals surface area contributed by atoms with Gasteiger partial charge >= 0.3 is 0 Å². The minimum atomic E-state index is 1.55. The molecule has 0 N–H and O–H groups in total. The van der Waals surface area contributed by atoms with Crippen LogP contribution < -0.4 is 0 Å². The average molecular weight is 673 g/mol. The van der Waals surface area contributed by atoms with Gasteiger partial charge in [-0.15, -0.1) is 0 Å². The minimum absolute atomic E-state index is 1.55. The maximum absolute atomic E-state index is 2.03. The van der Waals surface area contributed by atoms with E-state index in [1.54, 1.807) is 121 Å². The van der Waals surface area contributed by atoms with Crippen molar-refractivity contribution in [2.24, 2.45) is 0 Å². The second kappa shape index (κ2) is 5.56. The molecule has 36 heavy (non-hydrogen) atoms. The van der Waals surface area contributed by atoms with Crippen molar-refractivity contribution < 1.29 is 0 Å². The third kappa shape index (κ3) is 1.59. The highest BCUT2D eigenvalue weighted by atomic mass is 32.9. The van der Waals surface area contributed by atoms with Gasteiger partial charge in [-0.2, -0.15) is 0 Å². The number of fused-ring (bicyclic) bond motifs is 6. The summed E-state index contributed by atoms with van der Waals surface area (Å²) >= 11 is 0. The van der Waals surface area contributed by atoms with Crippen LogP contribution in [0.1, 0.15) is 0 Å². The largest absolute Gasteiger partial charge is 0.0778 e. The first-order chi connectivity index (χ1) is 17.9. The molecule has 0 unspecified atom stereocenters. The minimum Gasteiger partial charge on any atom is -0.0778 e. The molecule has 0 fully saturated rings. The molecule has 0 bridgehead atoms. The number of rotatable bonds is 0. The van der Waals surface area contributed by atoms with Gasteiger partial charge in [0.05, 0.1) is 56.4 Å². The van der Waals surface area contributed by atoms with Crippen molar-refractivity contribution in [1.29, 1.82) is 0 Å². The number of hydrogen-bond donors (Lipinski definition) is 0. The summed E-state index contributed by atoms with van der Waals surface area (Å²) < 4.78 is 18.6. The standard InChI is InChI=1S/C24S12/c25-13-7-1-2-4-6-5-3(1)9-16(14(7)26-25)28-30-18(9)20-11(5)22(34-32-20)24-12(6)23(35-36-24)21-10(4)19(31-33-21)17-8(2)15(13)27-29-17. The van der Waals surface area contributed by atoms with Gasteiger partial charge in [0.1, 0.15) is 0 Å². The summed E-state index contributed by atoms with van der Waals surface area (Å²) in [4.78, 5) is 0. The summed E-state index contributed by atoms with van der Waals surface area (Å²) in [5.74, 6) is 0. The van der Waals surface area contributed by atoms with Gasteiger partial charge in [-0.1, -0.05) is 124 Å². The van der Waals surface area contributed by atoms with E-state index in [1.165, 1.54) is 0 Å². The molecule has 0 nitrogen and oxygen atoms in total. The molecule has 168 valence electrons. The molecule has 7 aromatic carbocycles. The predicted octanol–water partition coefficient (Wildman–Crippen LogP) is 14.6. The van der Waals surface area contributed by atoms with Gasteiger partial charge in [-0.05, 0) is 0 Å². The van der Waals surface area contributed by atoms with E-state index < -0.39 is 0 Å². The molecule has 0 spiro atoms. The van der Waals surface area contributed by atoms with E-state index in [4.69, 9.17) is 0 Å². The van der Waals surface area contributed by atoms with Crippen molar-refractivity contribution in [2.45, 2.75) is 0 Å². The Morgan fingerprint density at radius 3 is 0.361 bits per heavy atom. The van der Waals surface area contributed by atoms with Crippen LogP contribution in [0, 0.1) is 0 Å². The molecule has 0 atom stereocenters. The van der Waals surface area contributed by atoms with E-state index in [0.29, 0.717) is 0 Å². The van der Waals surface area contributed by atoms with E-state index in [2.05, 4.69) is 0 Å². The molecule has 0 radical (unpaired) electrons. The zero-order valence-corrected chi connectivity index (χ0v) is 26.7. The summed E-state index contributed by atoms with van der Waals surface area (Å²) in [7, 11) is 24.4. The zero-order chi connectivity index (χ0) is 22.3. The van der Waals surface area contributed by atoms with E-state index >= 15 is 0 Å². The van der Waals surface area contributed by atoms with Gasteiger partial charge < -0.3 is 0 Å². The topological polar surface area (TPSA) is 0 Å². The summed E-state index contributed by atoms with van der Waals surface area (Å²) in [6, 6.07) is 0. The zero-order valence-electron chi connectivity index (χ0n) is 16.9. The van der Waals surface area contributed by atoms with Crippen LogP contribution in [0.4, 0.5) is 0 Å². The lowest BCUT2D eigenvalue weighted by Gasteiger charge is -2.21. The lowest BCUT2D eigenvalue weighted by molar-refractivity contribution is 2.14. The molecule has 13 aromatic rings. The van der Waals surface area contributed by atoms with Crippen LogP contribution in [-0.2, 0) is 0 Å². The van der Waals surface area contributed by atoms with Gasteiger partial charge in [0, 0.05) is 64.6 Å². The summed E-state index contributed by atoms with van der Waals surface area (Å²) in [5, 5.41) is 19.0. The van der Waals surface area contributed by atoms with Crippen molar-refractivity contribution in [1.82, 2.24) is 0 Å². The first-order valence-corrected chi connectivity index (χ1v) is 23.8. The van der Waals surface area contributed by atoms with Crippen LogP contribution in [0.5, 0.6) is 0 Å². The SMILES string of the molecule is s1sc2c3ssc4c5ssc6c7ssc8c9ssc%10c%11ssc%12c1c2c1c(c%12%11)c(c%109)c(c87)c(c56)c1c34. The van der Waals surface area contributed by atoms with Crippen LogP contribution >= 0.6 is 124 Å². The molecule has 6 aromatic heterocycles. The second-order valence-corrected chi connectivity index (χ2v) is 22.3. The van der Waals surface area contributed by atoms with E-state index in [-0.39, 0.29) is 0 Å². The molecule has 12 heteroatoms. The molecule has 13 rings (SSSR count). The molecule has 0 saturated heterocycles. The van der Waals surface area contributed by atoms with Crippen molar-refractivity contribution in [2.75, 3.05) is 0 Å². The Morgan fingerprint density at radius 2 is 0.250 bits per heavy atom. The lowest BCUT2D eigenvalue weighted by Crippen LogP contribution is -1.93. The first-order valence-electron chi connectivity index (χ1n) is 10.9. The maximum Gasteiger partial charge on any atom is 0.0658 e. The van der Waals surface area contributed by atoms with E-state index in [0.717, 1.165) is 0 Å². The Morgan fingerprint density at radius 1 is 0.139 bits per heavy atom. The average Bonchev–Trinajstić information content (AvgIpc) is 3.70. The van der Waals surface area contributed by atoms with Crippen LogP contribution in [0.2, 0.25) is 0 Å². The summed E-state index contributed by atoms with van der Waals surface area (Å²) in [5.41, 5.74) is 0. The Balaban J connectivity index is 1.68. The number of hydrogen-bond acceptors (Lipinski definition) is 12. The van der Waals surface area contributed by atoms with Crippen molar-refractivity contribution in [3.8, 4) is 0 Å². The first kappa shape index (κ1) is 18.7. The molecule has 0 aliphatic rings. The highest BCUT2D eigenvalue weighted by Gasteiger charge is 2.34. The monoisotopic (exact) mass is 672 g/mol. The van der Waals surface area contributed by atoms with Crippen LogP contribution in [0.3, 0.4) is 0 Å². The Kier molecular flexibility index (Phi) is 2.90. The fourth-order valence-corrected chi connectivity index (χ4v) is 26.4. The quantitative estimate of drug-likeness (QED) is 0.0854. The number of benzene rings is 7. The fraction of sp³-hybridized carbons (Fsp3) is 0. The van der Waals surface area contributed by atoms with Crippen LogP contribution in [0.15, 0.2) is 0 Å². The van der Waals surface area contributed by atoms with Gasteiger partial charge in [-0.25, -0.2) is 0 Å². The van der Waals surface area contributed by atoms with Gasteiger partial charge in [0.25, 0.3) is 0 Å². The second-order valence-electron chi connectivity index (χ2n) is 9.45. The van der Waals surface area contributed by atoms with Crippen molar-refractivity contribution >= 4 is 245 Å². The third-order valence-electron chi connectivity index (χ3n) is 8.21. The Labute approximate surface area is 242 Å². The molecule has 0 saturated carbocycles. The van der Waals surface area contributed by atoms with Crippen molar-refractivity contribution in [3.05, 3.63) is 0 Å². The van der Waals surface area contributed by atoms with Gasteiger partial charge in [-0.3, -0.25) is 0 Å². The summed E-state index contributed by atoms with van der Waals surface area (Å²) in [6.07, 6.45) is 0. The van der Waals surface area contributed by atoms with E-state index in [1.807, 2.05) is 124 Å². The highest BCUT2D eigenvalue weighted by molar-refractivity contribution is 7.83. The predicted molar refractivity (Wildman–Crippen MR) is 185 cm³/mol. The fourth-order valence-electron chi connectivity index (χ4n) is 7.05. The molecule has 0 aliphatic heterocycles. The molecule has 0 aliphatic carbocycles. The van der Waals surface area contributed by atoms with Gasteiger partial charge in [0.2, 0.25) is 0 Å². The smallest absolute Gasteiger partial charge is 0.0658 e. The Hall–Kier alpha value is -0.480. The molecular weight excluding hydrogens is 673 g/mol. The Bertz CT molecular complexity index is 2320. The van der Waals surface area contributed by atoms with Crippen LogP contribution in [0.25, 0.3) is 121 Å².